The van der Waals surface area contributed by atoms with E-state index in [-0.39, 0.29) is 23.7 Å². The molecule has 0 atom stereocenters. The minimum atomic E-state index is -0.163. The number of aromatic nitrogens is 1. The fourth-order valence-electron chi connectivity index (χ4n) is 1.70. The van der Waals surface area contributed by atoms with Crippen molar-refractivity contribution >= 4 is 23.3 Å². The minimum Gasteiger partial charge on any atom is -0.396 e. The van der Waals surface area contributed by atoms with Crippen LogP contribution in [0.2, 0.25) is 5.15 Å². The summed E-state index contributed by atoms with van der Waals surface area (Å²) in [5, 5.41) is 9.08. The van der Waals surface area contributed by atoms with Crippen molar-refractivity contribution < 1.29 is 9.90 Å². The number of carbonyl (C=O) groups excluding carboxylic acids is 1. The fourth-order valence-corrected chi connectivity index (χ4v) is 1.90. The quantitative estimate of drug-likeness (QED) is 0.416. The normalized spacial score (nSPS) is 10.6. The molecule has 0 bridgehead atoms. The summed E-state index contributed by atoms with van der Waals surface area (Å²) in [5.74, 6) is 5.45. The zero-order valence-electron chi connectivity index (χ0n) is 11.1. The standard InChI is InChI=1S/C12H19ClN4O2/c1-8(2)17(4-3-5-18)12(19)9-6-10(13)15-11(7-9)16-14/h6-8,18H,3-5,14H2,1-2H3,(H,15,16). The van der Waals surface area contributed by atoms with Crippen molar-refractivity contribution in [2.24, 2.45) is 5.84 Å². The molecule has 0 aromatic carbocycles. The maximum Gasteiger partial charge on any atom is 0.254 e. The number of aliphatic hydroxyl groups is 1. The second-order valence-corrected chi connectivity index (χ2v) is 4.76. The zero-order valence-corrected chi connectivity index (χ0v) is 11.8. The van der Waals surface area contributed by atoms with E-state index in [2.05, 4.69) is 10.4 Å². The number of nitrogens with zero attached hydrogens (tertiary/aromatic N) is 2. The van der Waals surface area contributed by atoms with Crippen LogP contribution >= 0.6 is 11.6 Å². The van der Waals surface area contributed by atoms with Crippen molar-refractivity contribution in [2.45, 2.75) is 26.3 Å². The van der Waals surface area contributed by atoms with E-state index < -0.39 is 0 Å². The largest absolute Gasteiger partial charge is 0.396 e. The van der Waals surface area contributed by atoms with Crippen LogP contribution in [-0.2, 0) is 0 Å². The molecule has 0 aliphatic rings. The Bertz CT molecular complexity index is 440. The predicted octanol–water partition coefficient (Wildman–Crippen LogP) is 1.25. The number of halogens is 1. The van der Waals surface area contributed by atoms with Gasteiger partial charge in [0.1, 0.15) is 11.0 Å². The van der Waals surface area contributed by atoms with Crippen molar-refractivity contribution in [3.63, 3.8) is 0 Å². The second kappa shape index (κ2) is 7.28. The first-order chi connectivity index (χ1) is 8.99. The number of pyridine rings is 1. The number of hydrazine groups is 1. The average Bonchev–Trinajstić information content (AvgIpc) is 2.37. The Morgan fingerprint density at radius 2 is 2.26 bits per heavy atom. The summed E-state index contributed by atoms with van der Waals surface area (Å²) in [5.41, 5.74) is 2.78. The molecule has 1 rings (SSSR count). The van der Waals surface area contributed by atoms with E-state index in [0.29, 0.717) is 24.3 Å². The number of amides is 1. The molecule has 0 spiro atoms. The van der Waals surface area contributed by atoms with Crippen LogP contribution in [0.3, 0.4) is 0 Å². The van der Waals surface area contributed by atoms with E-state index in [9.17, 15) is 4.79 Å². The van der Waals surface area contributed by atoms with E-state index in [1.165, 1.54) is 6.07 Å². The third kappa shape index (κ3) is 4.34. The highest BCUT2D eigenvalue weighted by Gasteiger charge is 2.19. The lowest BCUT2D eigenvalue weighted by Crippen LogP contribution is -2.38. The van der Waals surface area contributed by atoms with Crippen LogP contribution in [0.4, 0.5) is 5.82 Å². The van der Waals surface area contributed by atoms with Gasteiger partial charge in [0.15, 0.2) is 0 Å². The van der Waals surface area contributed by atoms with Gasteiger partial charge in [0.05, 0.1) is 0 Å². The Balaban J connectivity index is 2.98. The summed E-state index contributed by atoms with van der Waals surface area (Å²) in [4.78, 5) is 18.0. The molecule has 1 aromatic heterocycles. The lowest BCUT2D eigenvalue weighted by Gasteiger charge is -2.26. The van der Waals surface area contributed by atoms with Gasteiger partial charge in [-0.15, -0.1) is 0 Å². The average molecular weight is 287 g/mol. The molecule has 0 radical (unpaired) electrons. The molecule has 0 saturated heterocycles. The number of anilines is 1. The maximum absolute atomic E-state index is 12.4. The molecule has 1 heterocycles. The third-order valence-electron chi connectivity index (χ3n) is 2.63. The summed E-state index contributed by atoms with van der Waals surface area (Å²) in [6.45, 7) is 4.36. The molecule has 4 N–H and O–H groups in total. The first-order valence-electron chi connectivity index (χ1n) is 6.05. The highest BCUT2D eigenvalue weighted by atomic mass is 35.5. The first kappa shape index (κ1) is 15.7. The number of nitrogens with one attached hydrogen (secondary N) is 1. The number of nitrogens with two attached hydrogens (primary N) is 1. The summed E-state index contributed by atoms with van der Waals surface area (Å²) < 4.78 is 0. The molecule has 19 heavy (non-hydrogen) atoms. The SMILES string of the molecule is CC(C)N(CCCO)C(=O)c1cc(Cl)nc(NN)c1. The van der Waals surface area contributed by atoms with Crippen LogP contribution < -0.4 is 11.3 Å². The van der Waals surface area contributed by atoms with Gasteiger partial charge >= 0.3 is 0 Å². The summed E-state index contributed by atoms with van der Waals surface area (Å²) >= 11 is 5.84. The molecule has 6 nitrogen and oxygen atoms in total. The smallest absolute Gasteiger partial charge is 0.254 e. The number of carbonyl (C=O) groups is 1. The van der Waals surface area contributed by atoms with Gasteiger partial charge in [-0.1, -0.05) is 11.6 Å². The van der Waals surface area contributed by atoms with Crippen molar-refractivity contribution in [1.29, 1.82) is 0 Å². The van der Waals surface area contributed by atoms with Crippen LogP contribution in [0.25, 0.3) is 0 Å². The fraction of sp³-hybridized carbons (Fsp3) is 0.500. The Hall–Kier alpha value is -1.37. The maximum atomic E-state index is 12.4. The first-order valence-corrected chi connectivity index (χ1v) is 6.43. The molecule has 0 saturated carbocycles. The number of nitrogen functional groups attached to an aromatic ring is 1. The Morgan fingerprint density at radius 1 is 1.58 bits per heavy atom. The lowest BCUT2D eigenvalue weighted by atomic mass is 10.2. The zero-order chi connectivity index (χ0) is 14.4. The van der Waals surface area contributed by atoms with E-state index >= 15 is 0 Å². The molecule has 1 aromatic rings. The highest BCUT2D eigenvalue weighted by Crippen LogP contribution is 2.17. The monoisotopic (exact) mass is 286 g/mol. The molecule has 0 fully saturated rings. The van der Waals surface area contributed by atoms with Gasteiger partial charge in [0.25, 0.3) is 5.91 Å². The number of hydrogen-bond donors (Lipinski definition) is 3. The Morgan fingerprint density at radius 3 is 2.79 bits per heavy atom. The van der Waals surface area contributed by atoms with E-state index in [1.54, 1.807) is 11.0 Å². The molecule has 0 aliphatic carbocycles. The van der Waals surface area contributed by atoms with Gasteiger partial charge in [-0.25, -0.2) is 10.8 Å². The Labute approximate surface area is 117 Å². The number of aliphatic hydroxyl groups excluding tert-OH is 1. The van der Waals surface area contributed by atoms with Crippen molar-refractivity contribution in [2.75, 3.05) is 18.6 Å². The molecule has 7 heteroatoms. The summed E-state index contributed by atoms with van der Waals surface area (Å²) in [6.07, 6.45) is 0.532. The summed E-state index contributed by atoms with van der Waals surface area (Å²) in [7, 11) is 0. The van der Waals surface area contributed by atoms with Crippen LogP contribution in [0.15, 0.2) is 12.1 Å². The van der Waals surface area contributed by atoms with Gasteiger partial charge in [-0.05, 0) is 32.4 Å². The van der Waals surface area contributed by atoms with E-state index in [4.69, 9.17) is 22.6 Å². The predicted molar refractivity (Wildman–Crippen MR) is 74.9 cm³/mol. The van der Waals surface area contributed by atoms with Crippen LogP contribution in [0.5, 0.6) is 0 Å². The van der Waals surface area contributed by atoms with Crippen LogP contribution in [0, 0.1) is 0 Å². The molecule has 0 aliphatic heterocycles. The van der Waals surface area contributed by atoms with Crippen molar-refractivity contribution in [3.8, 4) is 0 Å². The molecule has 106 valence electrons. The number of rotatable bonds is 6. The molecular weight excluding hydrogens is 268 g/mol. The van der Waals surface area contributed by atoms with Gasteiger partial charge in [0, 0.05) is 24.8 Å². The number of hydrogen-bond acceptors (Lipinski definition) is 5. The molecule has 0 unspecified atom stereocenters. The molecular formula is C12H19ClN4O2. The topological polar surface area (TPSA) is 91.5 Å². The van der Waals surface area contributed by atoms with Crippen molar-refractivity contribution in [3.05, 3.63) is 22.8 Å². The van der Waals surface area contributed by atoms with Crippen LogP contribution in [0.1, 0.15) is 30.6 Å². The second-order valence-electron chi connectivity index (χ2n) is 4.38. The van der Waals surface area contributed by atoms with E-state index in [0.717, 1.165) is 0 Å². The third-order valence-corrected chi connectivity index (χ3v) is 2.82. The van der Waals surface area contributed by atoms with Gasteiger partial charge in [-0.3, -0.25) is 4.79 Å². The highest BCUT2D eigenvalue weighted by molar-refractivity contribution is 6.29. The van der Waals surface area contributed by atoms with Gasteiger partial charge < -0.3 is 15.4 Å². The van der Waals surface area contributed by atoms with Gasteiger partial charge in [-0.2, -0.15) is 0 Å². The van der Waals surface area contributed by atoms with Gasteiger partial charge in [0.2, 0.25) is 0 Å². The Kier molecular flexibility index (Phi) is 6.01. The van der Waals surface area contributed by atoms with Crippen LogP contribution in [-0.4, -0.2) is 40.1 Å². The minimum absolute atomic E-state index is 0.0280. The van der Waals surface area contributed by atoms with Crippen molar-refractivity contribution in [1.82, 2.24) is 9.88 Å². The molecule has 1 amide bonds. The lowest BCUT2D eigenvalue weighted by molar-refractivity contribution is 0.0693. The van der Waals surface area contributed by atoms with E-state index in [1.807, 2.05) is 13.8 Å². The summed E-state index contributed by atoms with van der Waals surface area (Å²) in [6, 6.07) is 3.07.